The Hall–Kier alpha value is -1.75. The van der Waals surface area contributed by atoms with Crippen molar-refractivity contribution in [3.8, 4) is 5.75 Å². The zero-order valence-electron chi connectivity index (χ0n) is 12.1. The van der Waals surface area contributed by atoms with Crippen LogP contribution in [0, 0.1) is 0 Å². The number of nitrogens with two attached hydrogens (primary N) is 2. The molecule has 1 saturated heterocycles. The quantitative estimate of drug-likeness (QED) is 0.631. The molecule has 1 fully saturated rings. The maximum Gasteiger partial charge on any atom is 0.185 e. The predicted octanol–water partition coefficient (Wildman–Crippen LogP) is 1.50. The zero-order chi connectivity index (χ0) is 14.4. The number of methoxy groups -OCH3 is 1. The van der Waals surface area contributed by atoms with Crippen molar-refractivity contribution in [2.45, 2.75) is 25.3 Å². The lowest BCUT2D eigenvalue weighted by molar-refractivity contribution is 0.165. The Labute approximate surface area is 120 Å². The second kappa shape index (κ2) is 7.14. The van der Waals surface area contributed by atoms with E-state index < -0.39 is 0 Å². The van der Waals surface area contributed by atoms with E-state index >= 15 is 0 Å². The van der Waals surface area contributed by atoms with Gasteiger partial charge in [0, 0.05) is 5.56 Å². The molecular formula is C15H24N4O. The van der Waals surface area contributed by atoms with Crippen molar-refractivity contribution >= 4 is 5.96 Å². The molecule has 1 aromatic rings. The Morgan fingerprint density at radius 3 is 2.60 bits per heavy atom. The first-order valence-electron chi connectivity index (χ1n) is 7.14. The summed E-state index contributed by atoms with van der Waals surface area (Å²) in [7, 11) is 1.70. The van der Waals surface area contributed by atoms with Crippen LogP contribution in [0.15, 0.2) is 29.3 Å². The van der Waals surface area contributed by atoms with Crippen LogP contribution in [0.5, 0.6) is 5.75 Å². The van der Waals surface area contributed by atoms with E-state index in [1.807, 2.05) is 18.2 Å². The highest BCUT2D eigenvalue weighted by molar-refractivity contribution is 5.75. The molecular weight excluding hydrogens is 252 g/mol. The van der Waals surface area contributed by atoms with Crippen LogP contribution in [0.25, 0.3) is 0 Å². The van der Waals surface area contributed by atoms with E-state index in [4.69, 9.17) is 16.2 Å². The van der Waals surface area contributed by atoms with Gasteiger partial charge in [-0.1, -0.05) is 24.6 Å². The van der Waals surface area contributed by atoms with Crippen LogP contribution in [0.3, 0.4) is 0 Å². The highest BCUT2D eigenvalue weighted by Crippen LogP contribution is 2.31. The monoisotopic (exact) mass is 276 g/mol. The SMILES string of the molecule is COc1ccccc1C(CN=C(N)N)N1CCCCC1. The Morgan fingerprint density at radius 2 is 1.95 bits per heavy atom. The van der Waals surface area contributed by atoms with Gasteiger partial charge in [-0.05, 0) is 32.0 Å². The fourth-order valence-corrected chi connectivity index (χ4v) is 2.77. The lowest BCUT2D eigenvalue weighted by Gasteiger charge is -2.34. The molecule has 0 spiro atoms. The van der Waals surface area contributed by atoms with Crippen molar-refractivity contribution in [2.24, 2.45) is 16.5 Å². The second-order valence-corrected chi connectivity index (χ2v) is 5.12. The van der Waals surface area contributed by atoms with Gasteiger partial charge in [-0.3, -0.25) is 9.89 Å². The molecule has 0 aliphatic carbocycles. The van der Waals surface area contributed by atoms with Crippen molar-refractivity contribution in [1.82, 2.24) is 4.90 Å². The van der Waals surface area contributed by atoms with Crippen molar-refractivity contribution in [3.05, 3.63) is 29.8 Å². The number of hydrogen-bond donors (Lipinski definition) is 2. The van der Waals surface area contributed by atoms with Crippen LogP contribution in [0.2, 0.25) is 0 Å². The summed E-state index contributed by atoms with van der Waals surface area (Å²) in [6.45, 7) is 2.74. The number of rotatable bonds is 5. The van der Waals surface area contributed by atoms with Gasteiger partial charge >= 0.3 is 0 Å². The van der Waals surface area contributed by atoms with Gasteiger partial charge < -0.3 is 16.2 Å². The third-order valence-corrected chi connectivity index (χ3v) is 3.78. The number of benzene rings is 1. The third-order valence-electron chi connectivity index (χ3n) is 3.78. The maximum absolute atomic E-state index is 5.50. The molecule has 2 rings (SSSR count). The van der Waals surface area contributed by atoms with Crippen LogP contribution in [0.1, 0.15) is 30.9 Å². The van der Waals surface area contributed by atoms with E-state index in [1.54, 1.807) is 7.11 Å². The predicted molar refractivity (Wildman–Crippen MR) is 81.8 cm³/mol. The molecule has 20 heavy (non-hydrogen) atoms. The molecule has 0 aromatic heterocycles. The van der Waals surface area contributed by atoms with Gasteiger partial charge in [0.05, 0.1) is 19.7 Å². The van der Waals surface area contributed by atoms with Gasteiger partial charge in [0.2, 0.25) is 0 Å². The summed E-state index contributed by atoms with van der Waals surface area (Å²) in [6, 6.07) is 8.27. The first-order chi connectivity index (χ1) is 9.72. The van der Waals surface area contributed by atoms with E-state index in [9.17, 15) is 0 Å². The van der Waals surface area contributed by atoms with Crippen molar-refractivity contribution in [3.63, 3.8) is 0 Å². The van der Waals surface area contributed by atoms with Crippen LogP contribution < -0.4 is 16.2 Å². The molecule has 5 nitrogen and oxygen atoms in total. The molecule has 1 aliphatic rings. The summed E-state index contributed by atoms with van der Waals surface area (Å²) in [6.07, 6.45) is 3.76. The number of nitrogens with zero attached hydrogens (tertiary/aromatic N) is 2. The van der Waals surface area contributed by atoms with E-state index in [0.29, 0.717) is 6.54 Å². The average molecular weight is 276 g/mol. The van der Waals surface area contributed by atoms with Crippen molar-refractivity contribution in [1.29, 1.82) is 0 Å². The molecule has 110 valence electrons. The van der Waals surface area contributed by atoms with Gasteiger partial charge in [0.25, 0.3) is 0 Å². The topological polar surface area (TPSA) is 76.9 Å². The van der Waals surface area contributed by atoms with Crippen molar-refractivity contribution in [2.75, 3.05) is 26.7 Å². The van der Waals surface area contributed by atoms with E-state index in [-0.39, 0.29) is 12.0 Å². The molecule has 1 unspecified atom stereocenters. The fourth-order valence-electron chi connectivity index (χ4n) is 2.77. The number of para-hydroxylation sites is 1. The molecule has 1 atom stereocenters. The molecule has 5 heteroatoms. The molecule has 0 radical (unpaired) electrons. The first-order valence-corrected chi connectivity index (χ1v) is 7.14. The number of guanidine groups is 1. The minimum absolute atomic E-state index is 0.141. The van der Waals surface area contributed by atoms with Gasteiger partial charge in [0.15, 0.2) is 5.96 Å². The van der Waals surface area contributed by atoms with Crippen molar-refractivity contribution < 1.29 is 4.74 Å². The van der Waals surface area contributed by atoms with Gasteiger partial charge in [-0.2, -0.15) is 0 Å². The Balaban J connectivity index is 2.26. The van der Waals surface area contributed by atoms with Crippen LogP contribution in [-0.4, -0.2) is 37.6 Å². The zero-order valence-corrected chi connectivity index (χ0v) is 12.1. The molecule has 4 N–H and O–H groups in total. The molecule has 0 bridgehead atoms. The highest BCUT2D eigenvalue weighted by Gasteiger charge is 2.24. The van der Waals surface area contributed by atoms with Crippen LogP contribution in [0.4, 0.5) is 0 Å². The van der Waals surface area contributed by atoms with Gasteiger partial charge in [0.1, 0.15) is 5.75 Å². The maximum atomic E-state index is 5.50. The first kappa shape index (κ1) is 14.7. The summed E-state index contributed by atoms with van der Waals surface area (Å²) in [5.41, 5.74) is 12.1. The average Bonchev–Trinajstić information content (AvgIpc) is 2.49. The number of hydrogen-bond acceptors (Lipinski definition) is 3. The fraction of sp³-hybridized carbons (Fsp3) is 0.533. The van der Waals surface area contributed by atoms with E-state index in [2.05, 4.69) is 16.0 Å². The lowest BCUT2D eigenvalue weighted by atomic mass is 10.0. The minimum atomic E-state index is 0.141. The number of piperidine rings is 1. The van der Waals surface area contributed by atoms with E-state index in [1.165, 1.54) is 19.3 Å². The molecule has 1 heterocycles. The van der Waals surface area contributed by atoms with Gasteiger partial charge in [-0.25, -0.2) is 0 Å². The summed E-state index contributed by atoms with van der Waals surface area (Å²) in [5, 5.41) is 0. The summed E-state index contributed by atoms with van der Waals surface area (Å²) in [4.78, 5) is 6.68. The Morgan fingerprint density at radius 1 is 1.25 bits per heavy atom. The molecule has 0 amide bonds. The standard InChI is InChI=1S/C15H24N4O/c1-20-14-8-4-3-7-12(14)13(11-18-15(16)17)19-9-5-2-6-10-19/h3-4,7-8,13H,2,5-6,9-11H2,1H3,(H4,16,17,18). The largest absolute Gasteiger partial charge is 0.496 e. The minimum Gasteiger partial charge on any atom is -0.496 e. The van der Waals surface area contributed by atoms with Crippen LogP contribution in [-0.2, 0) is 0 Å². The Bertz CT molecular complexity index is 451. The molecule has 1 aromatic carbocycles. The Kier molecular flexibility index (Phi) is 5.24. The molecule has 1 aliphatic heterocycles. The number of ether oxygens (including phenoxy) is 1. The highest BCUT2D eigenvalue weighted by atomic mass is 16.5. The normalized spacial score (nSPS) is 17.4. The number of likely N-dealkylation sites (tertiary alicyclic amines) is 1. The van der Waals surface area contributed by atoms with E-state index in [0.717, 1.165) is 24.4 Å². The summed E-state index contributed by atoms with van der Waals surface area (Å²) >= 11 is 0. The smallest absolute Gasteiger partial charge is 0.185 e. The molecule has 0 saturated carbocycles. The third kappa shape index (κ3) is 3.63. The summed E-state index contributed by atoms with van der Waals surface area (Å²) < 4.78 is 5.49. The summed E-state index contributed by atoms with van der Waals surface area (Å²) in [5.74, 6) is 1.04. The second-order valence-electron chi connectivity index (χ2n) is 5.12. The van der Waals surface area contributed by atoms with Gasteiger partial charge in [-0.15, -0.1) is 0 Å². The number of aliphatic imine (C=N–C) groups is 1. The lowest BCUT2D eigenvalue weighted by Crippen LogP contribution is -2.36. The van der Waals surface area contributed by atoms with Crippen LogP contribution >= 0.6 is 0 Å².